The summed E-state index contributed by atoms with van der Waals surface area (Å²) in [4.78, 5) is 63.7. The van der Waals surface area contributed by atoms with Gasteiger partial charge in [0, 0.05) is 52.1 Å². The molecule has 3 N–H and O–H groups in total. The van der Waals surface area contributed by atoms with E-state index in [-0.39, 0.29) is 36.8 Å². The normalized spacial score (nSPS) is 18.7. The average Bonchev–Trinajstić information content (AvgIpc) is 3.73. The maximum absolute atomic E-state index is 13.9. The molecule has 2 saturated heterocycles. The SMILES string of the molecule is Cc1ncsc1-c1ccc(CNC(=O)[C@@H]2C[C@@H](O)CN2C(=O)C(NC(=O)CCCCCCCCCN2CCN(C(=O)OC(C)(C)C)CC2)C(C)(C)C)cc1. The first-order chi connectivity index (χ1) is 25.5. The van der Waals surface area contributed by atoms with E-state index in [0.717, 1.165) is 86.3 Å². The summed E-state index contributed by atoms with van der Waals surface area (Å²) < 4.78 is 5.49. The van der Waals surface area contributed by atoms with Crippen molar-refractivity contribution in [3.8, 4) is 10.4 Å². The van der Waals surface area contributed by atoms with Crippen LogP contribution in [0, 0.1) is 12.3 Å². The van der Waals surface area contributed by atoms with Gasteiger partial charge in [0.2, 0.25) is 17.7 Å². The van der Waals surface area contributed by atoms with Gasteiger partial charge in [-0.25, -0.2) is 9.78 Å². The maximum Gasteiger partial charge on any atom is 0.410 e. The van der Waals surface area contributed by atoms with E-state index in [1.54, 1.807) is 16.2 Å². The van der Waals surface area contributed by atoms with Crippen LogP contribution in [-0.2, 0) is 25.7 Å². The third-order valence-electron chi connectivity index (χ3n) is 10.1. The van der Waals surface area contributed by atoms with Crippen LogP contribution in [0.25, 0.3) is 10.4 Å². The maximum atomic E-state index is 13.9. The molecule has 0 radical (unpaired) electrons. The number of aromatic nitrogens is 1. The molecule has 13 heteroatoms. The lowest BCUT2D eigenvalue weighted by Gasteiger charge is -2.35. The second kappa shape index (κ2) is 19.9. The number of hydrogen-bond donors (Lipinski definition) is 3. The van der Waals surface area contributed by atoms with Crippen LogP contribution in [0.4, 0.5) is 4.79 Å². The van der Waals surface area contributed by atoms with Crippen LogP contribution < -0.4 is 10.6 Å². The number of aliphatic hydroxyl groups is 1. The van der Waals surface area contributed by atoms with Crippen LogP contribution in [-0.4, -0.2) is 112 Å². The molecule has 4 rings (SSSR count). The first kappa shape index (κ1) is 43.2. The van der Waals surface area contributed by atoms with Crippen LogP contribution in [0.5, 0.6) is 0 Å². The minimum Gasteiger partial charge on any atom is -0.444 e. The second-order valence-corrected chi connectivity index (χ2v) is 17.8. The summed E-state index contributed by atoms with van der Waals surface area (Å²) in [7, 11) is 0. The Bertz CT molecular complexity index is 1530. The summed E-state index contributed by atoms with van der Waals surface area (Å²) in [6, 6.07) is 6.31. The molecule has 2 aromatic rings. The summed E-state index contributed by atoms with van der Waals surface area (Å²) in [5.74, 6) is -0.839. The van der Waals surface area contributed by atoms with Gasteiger partial charge in [-0.3, -0.25) is 19.3 Å². The Morgan fingerprint density at radius 1 is 0.926 bits per heavy atom. The molecule has 3 atom stereocenters. The van der Waals surface area contributed by atoms with E-state index in [2.05, 4.69) is 20.5 Å². The zero-order chi connectivity index (χ0) is 39.5. The van der Waals surface area contributed by atoms with E-state index >= 15 is 0 Å². The molecule has 12 nitrogen and oxygen atoms in total. The third kappa shape index (κ3) is 13.3. The van der Waals surface area contributed by atoms with Crippen molar-refractivity contribution in [3.05, 3.63) is 41.0 Å². The Kier molecular flexibility index (Phi) is 15.9. The van der Waals surface area contributed by atoms with Gasteiger partial charge in [0.25, 0.3) is 0 Å². The van der Waals surface area contributed by atoms with E-state index in [9.17, 15) is 24.3 Å². The molecule has 0 bridgehead atoms. The number of carbonyl (C=O) groups is 4. The summed E-state index contributed by atoms with van der Waals surface area (Å²) in [5.41, 5.74) is 3.74. The number of hydrogen-bond acceptors (Lipinski definition) is 9. The number of thiazole rings is 1. The van der Waals surface area contributed by atoms with Crippen molar-refractivity contribution in [2.24, 2.45) is 5.41 Å². The first-order valence-electron chi connectivity index (χ1n) is 19.8. The average molecular weight is 769 g/mol. The number of aryl methyl sites for hydroxylation is 1. The molecule has 1 aromatic heterocycles. The van der Waals surface area contributed by atoms with Crippen molar-refractivity contribution < 1.29 is 29.0 Å². The second-order valence-electron chi connectivity index (χ2n) is 17.0. The zero-order valence-electron chi connectivity index (χ0n) is 33.6. The quantitative estimate of drug-likeness (QED) is 0.179. The molecule has 54 heavy (non-hydrogen) atoms. The summed E-state index contributed by atoms with van der Waals surface area (Å²) >= 11 is 1.59. The highest BCUT2D eigenvalue weighted by Gasteiger charge is 2.44. The van der Waals surface area contributed by atoms with E-state index in [1.807, 2.05) is 78.2 Å². The highest BCUT2D eigenvalue weighted by molar-refractivity contribution is 7.13. The Balaban J connectivity index is 1.13. The smallest absolute Gasteiger partial charge is 0.410 e. The molecule has 3 heterocycles. The van der Waals surface area contributed by atoms with E-state index in [4.69, 9.17) is 4.74 Å². The van der Waals surface area contributed by atoms with Crippen molar-refractivity contribution in [2.75, 3.05) is 39.3 Å². The molecule has 0 saturated carbocycles. The summed E-state index contributed by atoms with van der Waals surface area (Å²) in [6.07, 6.45) is 6.77. The number of piperazine rings is 1. The van der Waals surface area contributed by atoms with Crippen molar-refractivity contribution in [1.29, 1.82) is 0 Å². The standard InChI is InChI=1S/C41H64N6O6S/c1-29-35(54-28-43-29)31-18-16-30(17-19-31)26-42-37(50)33-25-32(48)27-47(33)38(51)36(40(2,3)4)44-34(49)15-13-11-9-8-10-12-14-20-45-21-23-46(24-22-45)39(52)53-41(5,6)7/h16-19,28,32-33,36,48H,8-15,20-27H2,1-7H3,(H,42,50)(H,44,49)/t32-,33+,36?/m1/s1. The fourth-order valence-corrected chi connectivity index (χ4v) is 7.81. The van der Waals surface area contributed by atoms with Crippen molar-refractivity contribution in [2.45, 2.75) is 137 Å². The number of nitrogens with zero attached hydrogens (tertiary/aromatic N) is 4. The predicted molar refractivity (Wildman–Crippen MR) is 213 cm³/mol. The zero-order valence-corrected chi connectivity index (χ0v) is 34.4. The van der Waals surface area contributed by atoms with Crippen LogP contribution >= 0.6 is 11.3 Å². The van der Waals surface area contributed by atoms with Crippen molar-refractivity contribution >= 4 is 35.2 Å². The van der Waals surface area contributed by atoms with Crippen LogP contribution in [0.1, 0.15) is 111 Å². The lowest BCUT2D eigenvalue weighted by Crippen LogP contribution is -2.57. The monoisotopic (exact) mass is 768 g/mol. The number of amides is 4. The number of nitrogens with one attached hydrogen (secondary N) is 2. The highest BCUT2D eigenvalue weighted by Crippen LogP contribution is 2.28. The number of rotatable bonds is 16. The Morgan fingerprint density at radius 3 is 2.15 bits per heavy atom. The molecule has 2 aliphatic heterocycles. The number of benzene rings is 1. The lowest BCUT2D eigenvalue weighted by atomic mass is 9.85. The molecule has 2 aliphatic rings. The Morgan fingerprint density at radius 2 is 1.56 bits per heavy atom. The topological polar surface area (TPSA) is 144 Å². The fraction of sp³-hybridized carbons (Fsp3) is 0.683. The molecule has 0 aliphatic carbocycles. The molecule has 1 unspecified atom stereocenters. The lowest BCUT2D eigenvalue weighted by molar-refractivity contribution is -0.144. The Hall–Kier alpha value is -3.55. The number of likely N-dealkylation sites (tertiary alicyclic amines) is 1. The molecule has 2 fully saturated rings. The molecule has 0 spiro atoms. The largest absolute Gasteiger partial charge is 0.444 e. The van der Waals surface area contributed by atoms with Gasteiger partial charge < -0.3 is 30.3 Å². The minimum absolute atomic E-state index is 0.0486. The number of β-amino-alcohol motifs (C(OH)–C–C–N with tert-alkyl or cyclic N) is 1. The fourth-order valence-electron chi connectivity index (χ4n) is 7.00. The first-order valence-corrected chi connectivity index (χ1v) is 20.6. The predicted octanol–water partition coefficient (Wildman–Crippen LogP) is 5.90. The molecule has 1 aromatic carbocycles. The minimum atomic E-state index is -0.825. The number of unbranched alkanes of at least 4 members (excludes halogenated alkanes) is 6. The van der Waals surface area contributed by atoms with Gasteiger partial charge in [-0.05, 0) is 63.6 Å². The third-order valence-corrected chi connectivity index (χ3v) is 11.1. The van der Waals surface area contributed by atoms with E-state index in [0.29, 0.717) is 26.1 Å². The van der Waals surface area contributed by atoms with Gasteiger partial charge in [-0.1, -0.05) is 77.1 Å². The van der Waals surface area contributed by atoms with Crippen LogP contribution in [0.15, 0.2) is 29.8 Å². The van der Waals surface area contributed by atoms with Crippen molar-refractivity contribution in [3.63, 3.8) is 0 Å². The summed E-state index contributed by atoms with van der Waals surface area (Å²) in [5, 5.41) is 16.5. The van der Waals surface area contributed by atoms with Gasteiger partial charge in [0.05, 0.1) is 22.2 Å². The van der Waals surface area contributed by atoms with E-state index < -0.39 is 29.2 Å². The highest BCUT2D eigenvalue weighted by atomic mass is 32.1. The number of ether oxygens (including phenoxy) is 1. The van der Waals surface area contributed by atoms with Gasteiger partial charge >= 0.3 is 6.09 Å². The van der Waals surface area contributed by atoms with Gasteiger partial charge in [-0.15, -0.1) is 11.3 Å². The van der Waals surface area contributed by atoms with Gasteiger partial charge in [0.1, 0.15) is 17.7 Å². The molecule has 4 amide bonds. The van der Waals surface area contributed by atoms with Gasteiger partial charge in [-0.2, -0.15) is 0 Å². The number of aliphatic hydroxyl groups excluding tert-OH is 1. The molecular formula is C41H64N6O6S. The van der Waals surface area contributed by atoms with Crippen LogP contribution in [0.3, 0.4) is 0 Å². The molecule has 300 valence electrons. The van der Waals surface area contributed by atoms with Crippen molar-refractivity contribution in [1.82, 2.24) is 30.3 Å². The Labute approximate surface area is 326 Å². The molecular weight excluding hydrogens is 705 g/mol. The van der Waals surface area contributed by atoms with Crippen LogP contribution in [0.2, 0.25) is 0 Å². The number of carbonyl (C=O) groups excluding carboxylic acids is 4. The summed E-state index contributed by atoms with van der Waals surface area (Å²) in [6.45, 7) is 17.9. The van der Waals surface area contributed by atoms with Gasteiger partial charge in [0.15, 0.2) is 0 Å². The van der Waals surface area contributed by atoms with E-state index in [1.165, 1.54) is 4.90 Å².